The van der Waals surface area contributed by atoms with E-state index in [2.05, 4.69) is 34.5 Å². The normalized spacial score (nSPS) is 32.2. The first kappa shape index (κ1) is 14.7. The maximum Gasteiger partial charge on any atom is 0.261 e. The number of benzene rings is 1. The Bertz CT molecular complexity index is 856. The SMILES string of the molecule is O=C(N[C@H]1C2CCN(CC2)C12CC2)c1cc2cc(C3CC3)ccc2s1. The highest BCUT2D eigenvalue weighted by atomic mass is 32.1. The summed E-state index contributed by atoms with van der Waals surface area (Å²) in [6, 6.07) is 9.25. The summed E-state index contributed by atoms with van der Waals surface area (Å²) in [4.78, 5) is 16.5. The second-order valence-corrected chi connectivity index (χ2v) is 9.65. The van der Waals surface area contributed by atoms with E-state index in [1.165, 1.54) is 67.3 Å². The molecule has 2 saturated carbocycles. The topological polar surface area (TPSA) is 32.3 Å². The number of rotatable bonds is 3. The van der Waals surface area contributed by atoms with E-state index in [4.69, 9.17) is 0 Å². The lowest BCUT2D eigenvalue weighted by atomic mass is 9.77. The molecule has 0 unspecified atom stereocenters. The summed E-state index contributed by atoms with van der Waals surface area (Å²) in [5, 5.41) is 4.70. The maximum atomic E-state index is 13.0. The Kier molecular flexibility index (Phi) is 2.99. The van der Waals surface area contributed by atoms with E-state index < -0.39 is 0 Å². The fourth-order valence-corrected chi connectivity index (χ4v) is 6.32. The van der Waals surface area contributed by atoms with Gasteiger partial charge in [0.1, 0.15) is 0 Å². The molecule has 1 atom stereocenters. The fourth-order valence-electron chi connectivity index (χ4n) is 5.38. The monoisotopic (exact) mass is 352 g/mol. The molecule has 130 valence electrons. The van der Waals surface area contributed by atoms with Gasteiger partial charge in [0.05, 0.1) is 10.9 Å². The number of nitrogens with zero attached hydrogens (tertiary/aromatic N) is 1. The number of nitrogens with one attached hydrogen (secondary N) is 1. The van der Waals surface area contributed by atoms with Gasteiger partial charge in [0.25, 0.3) is 5.91 Å². The molecular formula is C21H24N2OS. The second kappa shape index (κ2) is 5.08. The molecule has 4 heteroatoms. The number of hydrogen-bond donors (Lipinski definition) is 1. The van der Waals surface area contributed by atoms with Crippen molar-refractivity contribution in [2.45, 2.75) is 56.0 Å². The van der Waals surface area contributed by atoms with E-state index in [1.54, 1.807) is 11.3 Å². The van der Waals surface area contributed by atoms with Gasteiger partial charge in [-0.05, 0) is 86.5 Å². The van der Waals surface area contributed by atoms with Crippen molar-refractivity contribution in [2.75, 3.05) is 13.1 Å². The first-order chi connectivity index (χ1) is 12.2. The van der Waals surface area contributed by atoms with Gasteiger partial charge in [-0.2, -0.15) is 0 Å². The van der Waals surface area contributed by atoms with Crippen molar-refractivity contribution in [1.29, 1.82) is 0 Å². The Hall–Kier alpha value is -1.39. The lowest BCUT2D eigenvalue weighted by Gasteiger charge is -2.52. The molecule has 1 N–H and O–H groups in total. The Balaban J connectivity index is 1.27. The highest BCUT2D eigenvalue weighted by Gasteiger charge is 2.60. The summed E-state index contributed by atoms with van der Waals surface area (Å²) < 4.78 is 1.24. The minimum atomic E-state index is 0.152. The van der Waals surface area contributed by atoms with Crippen molar-refractivity contribution >= 4 is 27.3 Å². The minimum absolute atomic E-state index is 0.152. The Labute approximate surface area is 152 Å². The zero-order valence-electron chi connectivity index (χ0n) is 14.5. The van der Waals surface area contributed by atoms with Crippen LogP contribution in [-0.2, 0) is 0 Å². The summed E-state index contributed by atoms with van der Waals surface area (Å²) in [6.07, 6.45) is 7.69. The molecule has 2 aliphatic carbocycles. The van der Waals surface area contributed by atoms with Crippen LogP contribution in [0.5, 0.6) is 0 Å². The van der Waals surface area contributed by atoms with Crippen LogP contribution in [0.15, 0.2) is 24.3 Å². The molecule has 5 aliphatic rings. The first-order valence-corrected chi connectivity index (χ1v) is 10.6. The predicted octanol–water partition coefficient (Wildman–Crippen LogP) is 4.14. The molecule has 3 aliphatic heterocycles. The average Bonchev–Trinajstić information content (AvgIpc) is 3.56. The van der Waals surface area contributed by atoms with E-state index in [0.29, 0.717) is 17.5 Å². The zero-order chi connectivity index (χ0) is 16.6. The molecule has 7 rings (SSSR count). The van der Waals surface area contributed by atoms with Crippen LogP contribution >= 0.6 is 11.3 Å². The van der Waals surface area contributed by atoms with Gasteiger partial charge in [-0.25, -0.2) is 0 Å². The second-order valence-electron chi connectivity index (χ2n) is 8.56. The van der Waals surface area contributed by atoms with Gasteiger partial charge in [-0.3, -0.25) is 9.69 Å². The quantitative estimate of drug-likeness (QED) is 0.900. The van der Waals surface area contributed by atoms with Crippen molar-refractivity contribution in [1.82, 2.24) is 10.2 Å². The van der Waals surface area contributed by atoms with Crippen molar-refractivity contribution in [3.05, 3.63) is 34.7 Å². The summed E-state index contributed by atoms with van der Waals surface area (Å²) in [5.74, 6) is 1.61. The third-order valence-corrected chi connectivity index (χ3v) is 8.20. The zero-order valence-corrected chi connectivity index (χ0v) is 15.3. The Morgan fingerprint density at radius 3 is 2.64 bits per heavy atom. The summed E-state index contributed by atoms with van der Waals surface area (Å²) in [7, 11) is 0. The van der Waals surface area contributed by atoms with Crippen LogP contribution in [0.25, 0.3) is 10.1 Å². The molecule has 25 heavy (non-hydrogen) atoms. The van der Waals surface area contributed by atoms with E-state index in [9.17, 15) is 4.79 Å². The Morgan fingerprint density at radius 2 is 1.92 bits per heavy atom. The molecule has 1 aromatic heterocycles. The van der Waals surface area contributed by atoms with Gasteiger partial charge in [-0.15, -0.1) is 11.3 Å². The first-order valence-electron chi connectivity index (χ1n) is 9.82. The van der Waals surface area contributed by atoms with E-state index in [1.807, 2.05) is 0 Å². The summed E-state index contributed by atoms with van der Waals surface area (Å²) in [5.41, 5.74) is 1.76. The summed E-state index contributed by atoms with van der Waals surface area (Å²) >= 11 is 1.65. The van der Waals surface area contributed by atoms with Crippen LogP contribution in [0.4, 0.5) is 0 Å². The van der Waals surface area contributed by atoms with E-state index in [0.717, 1.165) is 10.8 Å². The average molecular weight is 353 g/mol. The van der Waals surface area contributed by atoms with E-state index >= 15 is 0 Å². The van der Waals surface area contributed by atoms with Crippen LogP contribution < -0.4 is 5.32 Å². The highest BCUT2D eigenvalue weighted by molar-refractivity contribution is 7.20. The molecule has 2 bridgehead atoms. The smallest absolute Gasteiger partial charge is 0.261 e. The van der Waals surface area contributed by atoms with Crippen LogP contribution in [-0.4, -0.2) is 35.5 Å². The van der Waals surface area contributed by atoms with Crippen molar-refractivity contribution < 1.29 is 4.79 Å². The predicted molar refractivity (Wildman–Crippen MR) is 101 cm³/mol. The van der Waals surface area contributed by atoms with Crippen molar-refractivity contribution in [3.8, 4) is 0 Å². The molecule has 4 heterocycles. The largest absolute Gasteiger partial charge is 0.346 e. The molecule has 3 nitrogen and oxygen atoms in total. The van der Waals surface area contributed by atoms with Crippen LogP contribution in [0, 0.1) is 5.92 Å². The van der Waals surface area contributed by atoms with Gasteiger partial charge in [0, 0.05) is 10.2 Å². The maximum absolute atomic E-state index is 13.0. The number of piperidine rings is 3. The van der Waals surface area contributed by atoms with Crippen LogP contribution in [0.3, 0.4) is 0 Å². The molecule has 1 spiro atoms. The highest BCUT2D eigenvalue weighted by Crippen LogP contribution is 2.53. The molecule has 1 amide bonds. The van der Waals surface area contributed by atoms with Gasteiger partial charge in [0.15, 0.2) is 0 Å². The van der Waals surface area contributed by atoms with Crippen molar-refractivity contribution in [3.63, 3.8) is 0 Å². The van der Waals surface area contributed by atoms with Gasteiger partial charge >= 0.3 is 0 Å². The molecule has 3 saturated heterocycles. The number of thiophene rings is 1. The standard InChI is InChI=1S/C21H24N2OS/c24-20(22-19-14-5-9-23(10-6-14)21(19)7-8-21)18-12-16-11-15(13-1-2-13)3-4-17(16)25-18/h3-4,11-14,19H,1-2,5-10H2,(H,22,24)/t19-/m0/s1. The van der Waals surface area contributed by atoms with Crippen molar-refractivity contribution in [2.24, 2.45) is 5.92 Å². The Morgan fingerprint density at radius 1 is 1.12 bits per heavy atom. The number of carbonyl (C=O) groups excluding carboxylic acids is 1. The lowest BCUT2D eigenvalue weighted by molar-refractivity contribution is -0.00138. The van der Waals surface area contributed by atoms with Crippen LogP contribution in [0.1, 0.15) is 59.7 Å². The molecule has 5 fully saturated rings. The lowest BCUT2D eigenvalue weighted by Crippen LogP contribution is -2.65. The molecule has 2 aromatic rings. The number of amides is 1. The third-order valence-electron chi connectivity index (χ3n) is 7.08. The number of carbonyl (C=O) groups is 1. The summed E-state index contributed by atoms with van der Waals surface area (Å²) in [6.45, 7) is 2.48. The van der Waals surface area contributed by atoms with E-state index in [-0.39, 0.29) is 5.91 Å². The molecule has 1 aromatic carbocycles. The third kappa shape index (κ3) is 2.23. The fraction of sp³-hybridized carbons (Fsp3) is 0.571. The molecule has 0 radical (unpaired) electrons. The number of hydrogen-bond acceptors (Lipinski definition) is 3. The number of fused-ring (bicyclic) bond motifs is 3. The van der Waals surface area contributed by atoms with Crippen LogP contribution in [0.2, 0.25) is 0 Å². The van der Waals surface area contributed by atoms with Gasteiger partial charge < -0.3 is 5.32 Å². The van der Waals surface area contributed by atoms with Gasteiger partial charge in [0.2, 0.25) is 0 Å². The van der Waals surface area contributed by atoms with Gasteiger partial charge in [-0.1, -0.05) is 12.1 Å². The molecular weight excluding hydrogens is 328 g/mol. The minimum Gasteiger partial charge on any atom is -0.346 e.